The van der Waals surface area contributed by atoms with Crippen LogP contribution < -0.4 is 15.1 Å². The van der Waals surface area contributed by atoms with Crippen molar-refractivity contribution >= 4 is 34.6 Å². The van der Waals surface area contributed by atoms with Gasteiger partial charge in [-0.25, -0.2) is 15.0 Å². The van der Waals surface area contributed by atoms with E-state index < -0.39 is 0 Å². The molecule has 1 aliphatic rings. The van der Waals surface area contributed by atoms with Gasteiger partial charge in [0.15, 0.2) is 0 Å². The molecule has 1 saturated heterocycles. The number of hydrogen-bond donors (Lipinski definition) is 1. The van der Waals surface area contributed by atoms with Crippen LogP contribution >= 0.6 is 11.3 Å². The molecule has 0 spiro atoms. The van der Waals surface area contributed by atoms with E-state index in [1.807, 2.05) is 43.3 Å². The van der Waals surface area contributed by atoms with Crippen LogP contribution in [0.25, 0.3) is 10.6 Å². The summed E-state index contributed by atoms with van der Waals surface area (Å²) in [5.74, 6) is 0.487. The lowest BCUT2D eigenvalue weighted by atomic mass is 10.2. The van der Waals surface area contributed by atoms with Gasteiger partial charge in [-0.05, 0) is 19.1 Å². The Labute approximate surface area is 196 Å². The molecular weight excluding hydrogens is 432 g/mol. The summed E-state index contributed by atoms with van der Waals surface area (Å²) in [6.45, 7) is 5.39. The second-order valence-corrected chi connectivity index (χ2v) is 8.83. The van der Waals surface area contributed by atoms with Gasteiger partial charge in [-0.3, -0.25) is 4.79 Å². The molecule has 0 atom stereocenters. The zero-order valence-corrected chi connectivity index (χ0v) is 19.1. The molecule has 0 bridgehead atoms. The van der Waals surface area contributed by atoms with Gasteiger partial charge in [-0.1, -0.05) is 48.5 Å². The highest BCUT2D eigenvalue weighted by atomic mass is 32.1. The Morgan fingerprint density at radius 3 is 2.15 bits per heavy atom. The number of nitrogens with one attached hydrogen (secondary N) is 1. The number of hydrogen-bond acceptors (Lipinski definition) is 7. The van der Waals surface area contributed by atoms with E-state index in [-0.39, 0.29) is 5.91 Å². The number of rotatable bonds is 5. The lowest BCUT2D eigenvalue weighted by Crippen LogP contribution is -2.47. The van der Waals surface area contributed by atoms with Crippen molar-refractivity contribution in [3.05, 3.63) is 83.6 Å². The third kappa shape index (κ3) is 4.70. The van der Waals surface area contributed by atoms with Gasteiger partial charge >= 0.3 is 0 Å². The van der Waals surface area contributed by atoms with E-state index in [1.165, 1.54) is 17.0 Å². The van der Waals surface area contributed by atoms with Gasteiger partial charge in [0.05, 0.1) is 23.8 Å². The molecule has 1 N–H and O–H groups in total. The fourth-order valence-electron chi connectivity index (χ4n) is 3.85. The van der Waals surface area contributed by atoms with E-state index in [9.17, 15) is 4.79 Å². The summed E-state index contributed by atoms with van der Waals surface area (Å²) in [6.07, 6.45) is 3.33. The number of carbonyl (C=O) groups excluding carboxylic acids is 1. The fourth-order valence-corrected chi connectivity index (χ4v) is 4.82. The van der Waals surface area contributed by atoms with Crippen LogP contribution in [0.1, 0.15) is 15.4 Å². The predicted octanol–water partition coefficient (Wildman–Crippen LogP) is 4.49. The maximum absolute atomic E-state index is 12.8. The number of para-hydroxylation sites is 1. The lowest BCUT2D eigenvalue weighted by molar-refractivity contribution is 0.102. The van der Waals surface area contributed by atoms with E-state index in [2.05, 4.69) is 54.3 Å². The molecule has 2 aromatic carbocycles. The van der Waals surface area contributed by atoms with Crippen LogP contribution in [0.5, 0.6) is 0 Å². The molecule has 1 aliphatic heterocycles. The van der Waals surface area contributed by atoms with Crippen LogP contribution in [0.15, 0.2) is 73.1 Å². The third-order valence-corrected chi connectivity index (χ3v) is 6.81. The molecule has 1 fully saturated rings. The predicted molar refractivity (Wildman–Crippen MR) is 133 cm³/mol. The summed E-state index contributed by atoms with van der Waals surface area (Å²) in [5, 5.41) is 3.74. The average molecular weight is 457 g/mol. The molecule has 33 heavy (non-hydrogen) atoms. The van der Waals surface area contributed by atoms with Gasteiger partial charge in [0.2, 0.25) is 5.95 Å². The highest BCUT2D eigenvalue weighted by molar-refractivity contribution is 7.17. The van der Waals surface area contributed by atoms with Crippen molar-refractivity contribution in [2.75, 3.05) is 41.3 Å². The first kappa shape index (κ1) is 21.1. The number of piperazine rings is 1. The topological polar surface area (TPSA) is 74.2 Å². The number of nitrogens with zero attached hydrogens (tertiary/aromatic N) is 5. The molecule has 0 radical (unpaired) electrons. The van der Waals surface area contributed by atoms with Crippen molar-refractivity contribution in [2.45, 2.75) is 6.92 Å². The minimum absolute atomic E-state index is 0.194. The summed E-state index contributed by atoms with van der Waals surface area (Å²) in [7, 11) is 0. The van der Waals surface area contributed by atoms with E-state index in [1.54, 1.807) is 12.4 Å². The second-order valence-electron chi connectivity index (χ2n) is 7.84. The molecule has 0 aliphatic carbocycles. The third-order valence-electron chi connectivity index (χ3n) is 5.60. The van der Waals surface area contributed by atoms with Crippen molar-refractivity contribution in [2.24, 2.45) is 0 Å². The maximum Gasteiger partial charge on any atom is 0.267 e. The quantitative estimate of drug-likeness (QED) is 0.477. The Bertz CT molecular complexity index is 1220. The number of thiazole rings is 1. The molecule has 7 nitrogen and oxygen atoms in total. The summed E-state index contributed by atoms with van der Waals surface area (Å²) in [5.41, 5.74) is 3.53. The Balaban J connectivity index is 1.21. The fraction of sp³-hybridized carbons (Fsp3) is 0.200. The SMILES string of the molecule is Cc1nc(-c2ccccc2)sc1C(=O)Nc1cnc(N2CCN(c3ccccc3)CC2)nc1. The molecule has 4 aromatic rings. The van der Waals surface area contributed by atoms with Crippen LogP contribution in [0, 0.1) is 6.92 Å². The monoisotopic (exact) mass is 456 g/mol. The van der Waals surface area contributed by atoms with Crippen molar-refractivity contribution in [1.82, 2.24) is 15.0 Å². The van der Waals surface area contributed by atoms with Gasteiger partial charge < -0.3 is 15.1 Å². The van der Waals surface area contributed by atoms with Crippen molar-refractivity contribution in [1.29, 1.82) is 0 Å². The highest BCUT2D eigenvalue weighted by Crippen LogP contribution is 2.28. The van der Waals surface area contributed by atoms with E-state index in [0.717, 1.165) is 36.8 Å². The van der Waals surface area contributed by atoms with Crippen LogP contribution in [-0.2, 0) is 0 Å². The molecule has 8 heteroatoms. The Morgan fingerprint density at radius 1 is 0.879 bits per heavy atom. The van der Waals surface area contributed by atoms with Crippen LogP contribution in [0.3, 0.4) is 0 Å². The summed E-state index contributed by atoms with van der Waals surface area (Å²) < 4.78 is 0. The molecule has 2 aromatic heterocycles. The van der Waals surface area contributed by atoms with Crippen molar-refractivity contribution < 1.29 is 4.79 Å². The number of amides is 1. The van der Waals surface area contributed by atoms with Gasteiger partial charge in [0, 0.05) is 37.4 Å². The van der Waals surface area contributed by atoms with Crippen LogP contribution in [0.2, 0.25) is 0 Å². The molecule has 3 heterocycles. The molecular formula is C25H24N6OS. The standard InChI is InChI=1S/C25H24N6OS/c1-18-22(33-24(28-18)19-8-4-2-5-9-19)23(32)29-20-16-26-25(27-17-20)31-14-12-30(13-15-31)21-10-6-3-7-11-21/h2-11,16-17H,12-15H2,1H3,(H,29,32). The normalized spacial score (nSPS) is 13.7. The van der Waals surface area contributed by atoms with E-state index >= 15 is 0 Å². The zero-order chi connectivity index (χ0) is 22.6. The first-order chi connectivity index (χ1) is 16.2. The lowest BCUT2D eigenvalue weighted by Gasteiger charge is -2.36. The van der Waals surface area contributed by atoms with Crippen LogP contribution in [-0.4, -0.2) is 47.0 Å². The molecule has 0 saturated carbocycles. The molecule has 166 valence electrons. The number of aryl methyl sites for hydroxylation is 1. The number of aromatic nitrogens is 3. The smallest absolute Gasteiger partial charge is 0.267 e. The Morgan fingerprint density at radius 2 is 1.48 bits per heavy atom. The van der Waals surface area contributed by atoms with E-state index in [0.29, 0.717) is 22.2 Å². The second kappa shape index (κ2) is 9.38. The van der Waals surface area contributed by atoms with Crippen molar-refractivity contribution in [3.8, 4) is 10.6 Å². The van der Waals surface area contributed by atoms with Gasteiger partial charge in [0.1, 0.15) is 9.88 Å². The summed E-state index contributed by atoms with van der Waals surface area (Å²) in [6, 6.07) is 20.3. The molecule has 1 amide bonds. The Hall–Kier alpha value is -3.78. The minimum Gasteiger partial charge on any atom is -0.368 e. The minimum atomic E-state index is -0.194. The van der Waals surface area contributed by atoms with Gasteiger partial charge in [0.25, 0.3) is 5.91 Å². The first-order valence-electron chi connectivity index (χ1n) is 10.9. The largest absolute Gasteiger partial charge is 0.368 e. The number of benzene rings is 2. The molecule has 5 rings (SSSR count). The number of anilines is 3. The van der Waals surface area contributed by atoms with Crippen molar-refractivity contribution in [3.63, 3.8) is 0 Å². The van der Waals surface area contributed by atoms with Gasteiger partial charge in [-0.2, -0.15) is 0 Å². The summed E-state index contributed by atoms with van der Waals surface area (Å²) in [4.78, 5) is 31.5. The van der Waals surface area contributed by atoms with Crippen LogP contribution in [0.4, 0.5) is 17.3 Å². The van der Waals surface area contributed by atoms with E-state index in [4.69, 9.17) is 0 Å². The number of carbonyl (C=O) groups is 1. The maximum atomic E-state index is 12.8. The zero-order valence-electron chi connectivity index (χ0n) is 18.3. The Kier molecular flexibility index (Phi) is 5.99. The average Bonchev–Trinajstić information content (AvgIpc) is 3.27. The summed E-state index contributed by atoms with van der Waals surface area (Å²) >= 11 is 1.39. The highest BCUT2D eigenvalue weighted by Gasteiger charge is 2.20. The first-order valence-corrected chi connectivity index (χ1v) is 11.7. The van der Waals surface area contributed by atoms with Gasteiger partial charge in [-0.15, -0.1) is 11.3 Å². The molecule has 0 unspecified atom stereocenters.